The van der Waals surface area contributed by atoms with Crippen LogP contribution in [0.15, 0.2) is 28.7 Å². The molecule has 0 radical (unpaired) electrons. The topological polar surface area (TPSA) is 85.1 Å². The van der Waals surface area contributed by atoms with Crippen molar-refractivity contribution in [2.24, 2.45) is 0 Å². The predicted molar refractivity (Wildman–Crippen MR) is 113 cm³/mol. The van der Waals surface area contributed by atoms with Crippen LogP contribution < -0.4 is 4.74 Å². The van der Waals surface area contributed by atoms with Gasteiger partial charge in [-0.25, -0.2) is 4.98 Å². The summed E-state index contributed by atoms with van der Waals surface area (Å²) in [5.74, 6) is 2.00. The molecule has 8 nitrogen and oxygen atoms in total. The first-order valence-corrected chi connectivity index (χ1v) is 10.8. The van der Waals surface area contributed by atoms with Crippen LogP contribution in [0.25, 0.3) is 0 Å². The molecular formula is C23H29N3O5. The maximum Gasteiger partial charge on any atom is 0.276 e. The Morgan fingerprint density at radius 3 is 2.52 bits per heavy atom. The van der Waals surface area contributed by atoms with Crippen molar-refractivity contribution in [2.75, 3.05) is 46.5 Å². The lowest BCUT2D eigenvalue weighted by atomic mass is 9.96. The second kappa shape index (κ2) is 9.51. The van der Waals surface area contributed by atoms with Gasteiger partial charge in [-0.1, -0.05) is 18.2 Å². The molecule has 31 heavy (non-hydrogen) atoms. The molecule has 0 spiro atoms. The van der Waals surface area contributed by atoms with Crippen LogP contribution in [-0.4, -0.2) is 73.1 Å². The zero-order chi connectivity index (χ0) is 21.8. The summed E-state index contributed by atoms with van der Waals surface area (Å²) in [5, 5.41) is 0. The summed E-state index contributed by atoms with van der Waals surface area (Å²) in [6.45, 7) is 5.34. The molecule has 3 heterocycles. The number of rotatable bonds is 5. The molecule has 0 saturated carbocycles. The molecule has 0 bridgehead atoms. The van der Waals surface area contributed by atoms with E-state index in [9.17, 15) is 9.59 Å². The van der Waals surface area contributed by atoms with Crippen molar-refractivity contribution in [3.63, 3.8) is 0 Å². The molecule has 2 fully saturated rings. The minimum atomic E-state index is -0.0970. The van der Waals surface area contributed by atoms with Crippen LogP contribution in [-0.2, 0) is 16.0 Å². The van der Waals surface area contributed by atoms with Gasteiger partial charge < -0.3 is 23.7 Å². The first-order valence-electron chi connectivity index (χ1n) is 10.8. The van der Waals surface area contributed by atoms with Crippen molar-refractivity contribution in [1.29, 1.82) is 0 Å². The Morgan fingerprint density at radius 1 is 1.10 bits per heavy atom. The molecule has 0 atom stereocenters. The van der Waals surface area contributed by atoms with E-state index in [1.807, 2.05) is 29.2 Å². The number of aryl methyl sites for hydroxylation is 1. The van der Waals surface area contributed by atoms with E-state index in [-0.39, 0.29) is 17.7 Å². The highest BCUT2D eigenvalue weighted by atomic mass is 16.5. The van der Waals surface area contributed by atoms with E-state index in [4.69, 9.17) is 13.9 Å². The van der Waals surface area contributed by atoms with E-state index >= 15 is 0 Å². The fraction of sp³-hybridized carbons (Fsp3) is 0.522. The lowest BCUT2D eigenvalue weighted by Gasteiger charge is -2.31. The molecule has 0 aliphatic carbocycles. The fourth-order valence-corrected chi connectivity index (χ4v) is 4.21. The lowest BCUT2D eigenvalue weighted by Crippen LogP contribution is -2.41. The Labute approximate surface area is 182 Å². The fourth-order valence-electron chi connectivity index (χ4n) is 4.21. The summed E-state index contributed by atoms with van der Waals surface area (Å²) >= 11 is 0. The molecule has 2 aliphatic rings. The van der Waals surface area contributed by atoms with Crippen molar-refractivity contribution in [1.82, 2.24) is 14.8 Å². The first kappa shape index (κ1) is 21.4. The smallest absolute Gasteiger partial charge is 0.276 e. The maximum atomic E-state index is 12.8. The van der Waals surface area contributed by atoms with E-state index in [2.05, 4.69) is 4.98 Å². The molecule has 2 saturated heterocycles. The van der Waals surface area contributed by atoms with Crippen molar-refractivity contribution in [3.8, 4) is 5.75 Å². The number of morpholine rings is 1. The summed E-state index contributed by atoms with van der Waals surface area (Å²) in [6, 6.07) is 7.61. The van der Waals surface area contributed by atoms with Gasteiger partial charge in [0.15, 0.2) is 11.6 Å². The number of hydrogen-bond donors (Lipinski definition) is 0. The number of piperidine rings is 1. The number of para-hydroxylation sites is 1. The van der Waals surface area contributed by atoms with Crippen LogP contribution in [0.1, 0.15) is 46.5 Å². The molecule has 0 N–H and O–H groups in total. The number of carbonyl (C=O) groups excluding carboxylic acids is 2. The molecular weight excluding hydrogens is 398 g/mol. The van der Waals surface area contributed by atoms with Gasteiger partial charge in [0, 0.05) is 37.7 Å². The second-order valence-corrected chi connectivity index (χ2v) is 8.01. The molecule has 2 aliphatic heterocycles. The van der Waals surface area contributed by atoms with Gasteiger partial charge in [0.1, 0.15) is 11.5 Å². The number of oxazole rings is 1. The van der Waals surface area contributed by atoms with Crippen LogP contribution >= 0.6 is 0 Å². The third-order valence-electron chi connectivity index (χ3n) is 6.05. The Hall–Kier alpha value is -2.87. The zero-order valence-electron chi connectivity index (χ0n) is 18.1. The lowest BCUT2D eigenvalue weighted by molar-refractivity contribution is -0.131. The number of amides is 2. The molecule has 8 heteroatoms. The highest BCUT2D eigenvalue weighted by Gasteiger charge is 2.30. The Kier molecular flexibility index (Phi) is 6.56. The summed E-state index contributed by atoms with van der Waals surface area (Å²) in [7, 11) is 1.62. The highest BCUT2D eigenvalue weighted by molar-refractivity contribution is 5.93. The zero-order valence-corrected chi connectivity index (χ0v) is 18.1. The number of aromatic nitrogens is 1. The van der Waals surface area contributed by atoms with Crippen LogP contribution in [0.3, 0.4) is 0 Å². The third-order valence-corrected chi connectivity index (χ3v) is 6.05. The van der Waals surface area contributed by atoms with Crippen molar-refractivity contribution < 1.29 is 23.5 Å². The van der Waals surface area contributed by atoms with Gasteiger partial charge in [-0.15, -0.1) is 0 Å². The quantitative estimate of drug-likeness (QED) is 0.729. The second-order valence-electron chi connectivity index (χ2n) is 8.01. The molecule has 0 unspecified atom stereocenters. The molecule has 1 aromatic heterocycles. The van der Waals surface area contributed by atoms with Crippen molar-refractivity contribution >= 4 is 11.8 Å². The first-order chi connectivity index (χ1) is 15.1. The minimum Gasteiger partial charge on any atom is -0.496 e. The number of hydrogen-bond acceptors (Lipinski definition) is 6. The van der Waals surface area contributed by atoms with E-state index in [1.165, 1.54) is 0 Å². The van der Waals surface area contributed by atoms with Gasteiger partial charge >= 0.3 is 0 Å². The van der Waals surface area contributed by atoms with E-state index in [0.29, 0.717) is 63.2 Å². The van der Waals surface area contributed by atoms with Crippen molar-refractivity contribution in [3.05, 3.63) is 47.2 Å². The standard InChI is InChI=1S/C23H29N3O5/c1-16-21(23(28)26-11-13-30-14-12-26)24-22(31-16)17-7-9-25(10-8-17)20(27)15-18-5-3-4-6-19(18)29-2/h3-6,17H,7-15H2,1-2H3. The average Bonchev–Trinajstić information content (AvgIpc) is 3.21. The Balaban J connectivity index is 1.35. The number of carbonyl (C=O) groups is 2. The van der Waals surface area contributed by atoms with Gasteiger partial charge in [0.25, 0.3) is 5.91 Å². The summed E-state index contributed by atoms with van der Waals surface area (Å²) in [4.78, 5) is 33.7. The largest absolute Gasteiger partial charge is 0.496 e. The normalized spacial score (nSPS) is 17.6. The number of ether oxygens (including phenoxy) is 2. The van der Waals surface area contributed by atoms with Gasteiger partial charge in [-0.2, -0.15) is 0 Å². The SMILES string of the molecule is COc1ccccc1CC(=O)N1CCC(c2nc(C(=O)N3CCOCC3)c(C)o2)CC1. The van der Waals surface area contributed by atoms with Gasteiger partial charge in [0.2, 0.25) is 5.91 Å². The molecule has 4 rings (SSSR count). The number of nitrogens with zero attached hydrogens (tertiary/aromatic N) is 3. The molecule has 1 aromatic carbocycles. The van der Waals surface area contributed by atoms with Crippen LogP contribution in [0.5, 0.6) is 5.75 Å². The molecule has 166 valence electrons. The highest BCUT2D eigenvalue weighted by Crippen LogP contribution is 2.30. The van der Waals surface area contributed by atoms with Gasteiger partial charge in [0.05, 0.1) is 26.7 Å². The van der Waals surface area contributed by atoms with E-state index in [0.717, 1.165) is 24.2 Å². The summed E-state index contributed by atoms with van der Waals surface area (Å²) in [5.41, 5.74) is 1.29. The Morgan fingerprint density at radius 2 is 1.81 bits per heavy atom. The molecule has 2 aromatic rings. The van der Waals surface area contributed by atoms with E-state index < -0.39 is 0 Å². The van der Waals surface area contributed by atoms with Crippen LogP contribution in [0.2, 0.25) is 0 Å². The van der Waals surface area contributed by atoms with Gasteiger partial charge in [-0.05, 0) is 25.8 Å². The van der Waals surface area contributed by atoms with Gasteiger partial charge in [-0.3, -0.25) is 9.59 Å². The Bertz CT molecular complexity index is 927. The van der Waals surface area contributed by atoms with Crippen LogP contribution in [0.4, 0.5) is 0 Å². The summed E-state index contributed by atoms with van der Waals surface area (Å²) in [6.07, 6.45) is 1.86. The van der Waals surface area contributed by atoms with Crippen LogP contribution in [0, 0.1) is 6.92 Å². The number of benzene rings is 1. The monoisotopic (exact) mass is 427 g/mol. The number of methoxy groups -OCH3 is 1. The van der Waals surface area contributed by atoms with E-state index in [1.54, 1.807) is 18.9 Å². The minimum absolute atomic E-state index is 0.0923. The maximum absolute atomic E-state index is 12.8. The number of likely N-dealkylation sites (tertiary alicyclic amines) is 1. The third kappa shape index (κ3) is 4.74. The summed E-state index contributed by atoms with van der Waals surface area (Å²) < 4.78 is 16.6. The predicted octanol–water partition coefficient (Wildman–Crippen LogP) is 2.41. The van der Waals surface area contributed by atoms with Crippen molar-refractivity contribution in [2.45, 2.75) is 32.1 Å². The average molecular weight is 428 g/mol. The molecule has 2 amide bonds.